The van der Waals surface area contributed by atoms with Gasteiger partial charge in [0.1, 0.15) is 5.69 Å². The van der Waals surface area contributed by atoms with Crippen molar-refractivity contribution in [1.29, 1.82) is 0 Å². The van der Waals surface area contributed by atoms with Crippen molar-refractivity contribution in [1.82, 2.24) is 9.78 Å². The molecule has 2 aromatic rings. The molecule has 0 N–H and O–H groups in total. The smallest absolute Gasteiger partial charge is 0.153 e. The predicted octanol–water partition coefficient (Wildman–Crippen LogP) is 2.76. The van der Waals surface area contributed by atoms with Gasteiger partial charge in [-0.15, -0.1) is 0 Å². The fourth-order valence-corrected chi connectivity index (χ4v) is 1.58. The average Bonchev–Trinajstić information content (AvgIpc) is 2.94. The summed E-state index contributed by atoms with van der Waals surface area (Å²) in [6.45, 7) is 2.97. The highest BCUT2D eigenvalue weighted by Gasteiger charge is 2.11. The first kappa shape index (κ1) is 10.7. The van der Waals surface area contributed by atoms with E-state index in [0.29, 0.717) is 11.3 Å². The maximum atomic E-state index is 10.9. The van der Waals surface area contributed by atoms with Gasteiger partial charge in [-0.25, -0.2) is 0 Å². The Morgan fingerprint density at radius 2 is 2.44 bits per heavy atom. The maximum Gasteiger partial charge on any atom is 0.153 e. The van der Waals surface area contributed by atoms with Crippen LogP contribution in [0.1, 0.15) is 30.1 Å². The number of unbranched alkanes of at least 4 members (excludes halogenated alkanes) is 1. The van der Waals surface area contributed by atoms with E-state index >= 15 is 0 Å². The Hall–Kier alpha value is -1.84. The Balaban J connectivity index is 2.30. The molecule has 0 aliphatic carbocycles. The first-order valence-corrected chi connectivity index (χ1v) is 5.40. The van der Waals surface area contributed by atoms with E-state index in [1.54, 1.807) is 24.8 Å². The van der Waals surface area contributed by atoms with Gasteiger partial charge in [0.15, 0.2) is 6.29 Å². The topological polar surface area (TPSA) is 48.0 Å². The monoisotopic (exact) mass is 218 g/mol. The molecule has 0 amide bonds. The third-order valence-electron chi connectivity index (χ3n) is 2.45. The van der Waals surface area contributed by atoms with Crippen LogP contribution >= 0.6 is 0 Å². The number of rotatable bonds is 5. The number of hydrogen-bond donors (Lipinski definition) is 0. The van der Waals surface area contributed by atoms with Gasteiger partial charge in [-0.3, -0.25) is 9.48 Å². The van der Waals surface area contributed by atoms with Crippen LogP contribution in [0.4, 0.5) is 0 Å². The van der Waals surface area contributed by atoms with E-state index in [4.69, 9.17) is 4.42 Å². The van der Waals surface area contributed by atoms with Gasteiger partial charge in [0.05, 0.1) is 18.1 Å². The summed E-state index contributed by atoms with van der Waals surface area (Å²) >= 11 is 0. The molecule has 4 heteroatoms. The minimum Gasteiger partial charge on any atom is -0.472 e. The summed E-state index contributed by atoms with van der Waals surface area (Å²) in [6.07, 6.45) is 7.96. The van der Waals surface area contributed by atoms with Crippen LogP contribution in [-0.2, 0) is 6.54 Å². The first-order valence-electron chi connectivity index (χ1n) is 5.40. The number of aryl methyl sites for hydroxylation is 1. The number of hydrogen-bond acceptors (Lipinski definition) is 3. The SMILES string of the molecule is CCCCn1cc(C=O)c(-c2ccoc2)n1. The highest BCUT2D eigenvalue weighted by atomic mass is 16.3. The molecule has 0 atom stereocenters. The van der Waals surface area contributed by atoms with Gasteiger partial charge in [0.2, 0.25) is 0 Å². The predicted molar refractivity (Wildman–Crippen MR) is 60.2 cm³/mol. The zero-order valence-corrected chi connectivity index (χ0v) is 9.22. The standard InChI is InChI=1S/C12H14N2O2/c1-2-3-5-14-7-11(8-15)12(13-14)10-4-6-16-9-10/h4,6-9H,2-3,5H2,1H3. The van der Waals surface area contributed by atoms with Crippen LogP contribution in [-0.4, -0.2) is 16.1 Å². The van der Waals surface area contributed by atoms with Crippen molar-refractivity contribution in [2.75, 3.05) is 0 Å². The van der Waals surface area contributed by atoms with Crippen molar-refractivity contribution in [2.24, 2.45) is 0 Å². The van der Waals surface area contributed by atoms with Crippen LogP contribution in [0, 0.1) is 0 Å². The Morgan fingerprint density at radius 3 is 3.06 bits per heavy atom. The van der Waals surface area contributed by atoms with E-state index in [0.717, 1.165) is 31.2 Å². The minimum absolute atomic E-state index is 0.609. The molecule has 0 saturated heterocycles. The zero-order chi connectivity index (χ0) is 11.4. The lowest BCUT2D eigenvalue weighted by atomic mass is 10.2. The van der Waals surface area contributed by atoms with Crippen molar-refractivity contribution in [3.8, 4) is 11.3 Å². The van der Waals surface area contributed by atoms with Crippen LogP contribution in [0.3, 0.4) is 0 Å². The first-order chi connectivity index (χ1) is 7.85. The Morgan fingerprint density at radius 1 is 1.56 bits per heavy atom. The van der Waals surface area contributed by atoms with E-state index in [1.807, 2.05) is 4.68 Å². The van der Waals surface area contributed by atoms with Gasteiger partial charge in [-0.1, -0.05) is 13.3 Å². The van der Waals surface area contributed by atoms with Crippen molar-refractivity contribution < 1.29 is 9.21 Å². The molecule has 2 rings (SSSR count). The lowest BCUT2D eigenvalue weighted by molar-refractivity contribution is 0.112. The average molecular weight is 218 g/mol. The lowest BCUT2D eigenvalue weighted by Gasteiger charge is -1.97. The number of nitrogens with zero attached hydrogens (tertiary/aromatic N) is 2. The number of carbonyl (C=O) groups excluding carboxylic acids is 1. The second kappa shape index (κ2) is 4.79. The summed E-state index contributed by atoms with van der Waals surface area (Å²) in [5.74, 6) is 0. The summed E-state index contributed by atoms with van der Waals surface area (Å²) in [6, 6.07) is 1.81. The molecule has 0 radical (unpaired) electrons. The molecule has 0 aliphatic heterocycles. The second-order valence-electron chi connectivity index (χ2n) is 3.68. The van der Waals surface area contributed by atoms with Gasteiger partial charge in [0, 0.05) is 18.3 Å². The zero-order valence-electron chi connectivity index (χ0n) is 9.22. The molecule has 0 fully saturated rings. The highest BCUT2D eigenvalue weighted by Crippen LogP contribution is 2.21. The van der Waals surface area contributed by atoms with Crippen molar-refractivity contribution in [3.05, 3.63) is 30.4 Å². The van der Waals surface area contributed by atoms with Gasteiger partial charge in [-0.05, 0) is 12.5 Å². The van der Waals surface area contributed by atoms with Gasteiger partial charge >= 0.3 is 0 Å². The van der Waals surface area contributed by atoms with E-state index < -0.39 is 0 Å². The molecule has 0 unspecified atom stereocenters. The van der Waals surface area contributed by atoms with Crippen LogP contribution in [0.2, 0.25) is 0 Å². The molecule has 84 valence electrons. The number of aromatic nitrogens is 2. The lowest BCUT2D eigenvalue weighted by Crippen LogP contribution is -1.97. The van der Waals surface area contributed by atoms with Gasteiger partial charge in [0.25, 0.3) is 0 Å². The molecule has 0 saturated carbocycles. The van der Waals surface area contributed by atoms with Crippen LogP contribution in [0.5, 0.6) is 0 Å². The summed E-state index contributed by atoms with van der Waals surface area (Å²) in [5.41, 5.74) is 2.15. The highest BCUT2D eigenvalue weighted by molar-refractivity contribution is 5.85. The Labute approximate surface area is 93.9 Å². The largest absolute Gasteiger partial charge is 0.472 e. The molecule has 4 nitrogen and oxygen atoms in total. The molecule has 0 bridgehead atoms. The van der Waals surface area contributed by atoms with E-state index in [-0.39, 0.29) is 0 Å². The number of furan rings is 1. The fourth-order valence-electron chi connectivity index (χ4n) is 1.58. The van der Waals surface area contributed by atoms with E-state index in [2.05, 4.69) is 12.0 Å². The van der Waals surface area contributed by atoms with Crippen molar-refractivity contribution in [2.45, 2.75) is 26.3 Å². The third kappa shape index (κ3) is 2.05. The molecule has 16 heavy (non-hydrogen) atoms. The van der Waals surface area contributed by atoms with Crippen LogP contribution in [0.15, 0.2) is 29.2 Å². The molecular weight excluding hydrogens is 204 g/mol. The molecule has 0 aliphatic rings. The summed E-state index contributed by atoms with van der Waals surface area (Å²) < 4.78 is 6.81. The molecule has 0 spiro atoms. The molecule has 2 aromatic heterocycles. The summed E-state index contributed by atoms with van der Waals surface area (Å²) in [7, 11) is 0. The van der Waals surface area contributed by atoms with Crippen molar-refractivity contribution in [3.63, 3.8) is 0 Å². The fraction of sp³-hybridized carbons (Fsp3) is 0.333. The van der Waals surface area contributed by atoms with Gasteiger partial charge in [-0.2, -0.15) is 5.10 Å². The van der Waals surface area contributed by atoms with Gasteiger partial charge < -0.3 is 4.42 Å². The Bertz CT molecular complexity index is 457. The van der Waals surface area contributed by atoms with E-state index in [9.17, 15) is 4.79 Å². The number of carbonyl (C=O) groups is 1. The molecular formula is C12H14N2O2. The van der Waals surface area contributed by atoms with Crippen molar-refractivity contribution >= 4 is 6.29 Å². The van der Waals surface area contributed by atoms with Crippen LogP contribution < -0.4 is 0 Å². The molecule has 0 aromatic carbocycles. The quantitative estimate of drug-likeness (QED) is 0.725. The maximum absolute atomic E-state index is 10.9. The minimum atomic E-state index is 0.609. The second-order valence-corrected chi connectivity index (χ2v) is 3.68. The van der Waals surface area contributed by atoms with Crippen LogP contribution in [0.25, 0.3) is 11.3 Å². The Kier molecular flexibility index (Phi) is 3.19. The summed E-state index contributed by atoms with van der Waals surface area (Å²) in [4.78, 5) is 10.9. The van der Waals surface area contributed by atoms with E-state index in [1.165, 1.54) is 0 Å². The number of aldehydes is 1. The normalized spacial score (nSPS) is 10.6. The summed E-state index contributed by atoms with van der Waals surface area (Å²) in [5, 5.41) is 4.39. The molecule has 2 heterocycles. The third-order valence-corrected chi connectivity index (χ3v) is 2.45.